The summed E-state index contributed by atoms with van der Waals surface area (Å²) in [4.78, 5) is 15.1. The fraction of sp³-hybridized carbons (Fsp3) is 0.500. The van der Waals surface area contributed by atoms with Crippen LogP contribution < -0.4 is 0 Å². The Morgan fingerprint density at radius 3 is 2.35 bits per heavy atom. The standard InChI is InChI=1S/C14H22N2O/c1-13(17)16(3)11-7-10-15(2)12-14-8-5-4-6-9-14/h4-6,8-9H,7,10-12H2,1-3H3. The SMILES string of the molecule is CC(=O)N(C)CCCN(C)Cc1ccccc1. The van der Waals surface area contributed by atoms with Crippen molar-refractivity contribution in [2.75, 3.05) is 27.2 Å². The Balaban J connectivity index is 2.22. The molecule has 0 saturated carbocycles. The number of benzene rings is 1. The van der Waals surface area contributed by atoms with Crippen molar-refractivity contribution in [1.82, 2.24) is 9.80 Å². The summed E-state index contributed by atoms with van der Waals surface area (Å²) in [6, 6.07) is 10.4. The lowest BCUT2D eigenvalue weighted by Gasteiger charge is -2.19. The first-order valence-corrected chi connectivity index (χ1v) is 6.04. The highest BCUT2D eigenvalue weighted by Gasteiger charge is 2.03. The van der Waals surface area contributed by atoms with E-state index in [0.717, 1.165) is 26.1 Å². The van der Waals surface area contributed by atoms with Crippen LogP contribution in [-0.2, 0) is 11.3 Å². The predicted octanol–water partition coefficient (Wildman–Crippen LogP) is 1.99. The van der Waals surface area contributed by atoms with E-state index < -0.39 is 0 Å². The van der Waals surface area contributed by atoms with Gasteiger partial charge in [0, 0.05) is 27.1 Å². The molecule has 0 aliphatic carbocycles. The van der Waals surface area contributed by atoms with Gasteiger partial charge in [0.1, 0.15) is 0 Å². The topological polar surface area (TPSA) is 23.6 Å². The van der Waals surface area contributed by atoms with Gasteiger partial charge in [0.2, 0.25) is 5.91 Å². The van der Waals surface area contributed by atoms with E-state index in [-0.39, 0.29) is 5.91 Å². The maximum Gasteiger partial charge on any atom is 0.219 e. The highest BCUT2D eigenvalue weighted by atomic mass is 16.2. The molecule has 94 valence electrons. The van der Waals surface area contributed by atoms with Crippen LogP contribution in [0.3, 0.4) is 0 Å². The van der Waals surface area contributed by atoms with Crippen LogP contribution in [0.25, 0.3) is 0 Å². The third-order valence-corrected chi connectivity index (χ3v) is 2.87. The Bertz CT molecular complexity index is 337. The largest absolute Gasteiger partial charge is 0.346 e. The van der Waals surface area contributed by atoms with E-state index in [2.05, 4.69) is 36.2 Å². The molecular formula is C14H22N2O. The molecule has 1 aromatic rings. The van der Waals surface area contributed by atoms with Crippen molar-refractivity contribution in [3.05, 3.63) is 35.9 Å². The maximum atomic E-state index is 11.0. The summed E-state index contributed by atoms with van der Waals surface area (Å²) in [7, 11) is 3.96. The highest BCUT2D eigenvalue weighted by molar-refractivity contribution is 5.72. The minimum Gasteiger partial charge on any atom is -0.346 e. The second-order valence-electron chi connectivity index (χ2n) is 4.52. The normalized spacial score (nSPS) is 10.6. The quantitative estimate of drug-likeness (QED) is 0.751. The zero-order valence-electron chi connectivity index (χ0n) is 11.0. The smallest absolute Gasteiger partial charge is 0.219 e. The molecule has 1 rings (SSSR count). The number of hydrogen-bond acceptors (Lipinski definition) is 2. The summed E-state index contributed by atoms with van der Waals surface area (Å²) in [6.45, 7) is 4.40. The number of carbonyl (C=O) groups excluding carboxylic acids is 1. The van der Waals surface area contributed by atoms with Crippen LogP contribution in [0.1, 0.15) is 18.9 Å². The van der Waals surface area contributed by atoms with Crippen LogP contribution in [0.4, 0.5) is 0 Å². The minimum atomic E-state index is 0.135. The summed E-state index contributed by atoms with van der Waals surface area (Å²) in [6.07, 6.45) is 1.01. The van der Waals surface area contributed by atoms with Gasteiger partial charge in [0.15, 0.2) is 0 Å². The number of hydrogen-bond donors (Lipinski definition) is 0. The number of rotatable bonds is 6. The number of amides is 1. The minimum absolute atomic E-state index is 0.135. The van der Waals surface area contributed by atoms with Crippen LogP contribution in [-0.4, -0.2) is 42.9 Å². The lowest BCUT2D eigenvalue weighted by Crippen LogP contribution is -2.28. The molecule has 0 N–H and O–H groups in total. The number of carbonyl (C=O) groups is 1. The first-order valence-electron chi connectivity index (χ1n) is 6.04. The molecule has 0 aliphatic rings. The van der Waals surface area contributed by atoms with Crippen LogP contribution in [0.2, 0.25) is 0 Å². The Kier molecular flexibility index (Phi) is 5.70. The Hall–Kier alpha value is -1.35. The Morgan fingerprint density at radius 1 is 1.12 bits per heavy atom. The van der Waals surface area contributed by atoms with E-state index in [1.807, 2.05) is 13.1 Å². The van der Waals surface area contributed by atoms with Gasteiger partial charge in [0.25, 0.3) is 0 Å². The molecule has 17 heavy (non-hydrogen) atoms. The molecule has 0 atom stereocenters. The van der Waals surface area contributed by atoms with E-state index in [4.69, 9.17) is 0 Å². The zero-order valence-corrected chi connectivity index (χ0v) is 11.0. The summed E-state index contributed by atoms with van der Waals surface area (Å²) >= 11 is 0. The van der Waals surface area contributed by atoms with Crippen LogP contribution in [0, 0.1) is 0 Å². The highest BCUT2D eigenvalue weighted by Crippen LogP contribution is 2.03. The lowest BCUT2D eigenvalue weighted by atomic mass is 10.2. The van der Waals surface area contributed by atoms with Gasteiger partial charge in [-0.05, 0) is 25.6 Å². The second-order valence-corrected chi connectivity index (χ2v) is 4.52. The molecule has 3 heteroatoms. The molecule has 1 aromatic carbocycles. The average Bonchev–Trinajstić information content (AvgIpc) is 2.30. The molecule has 0 fully saturated rings. The van der Waals surface area contributed by atoms with Crippen molar-refractivity contribution >= 4 is 5.91 Å². The Morgan fingerprint density at radius 2 is 1.76 bits per heavy atom. The van der Waals surface area contributed by atoms with Crippen LogP contribution in [0.5, 0.6) is 0 Å². The van der Waals surface area contributed by atoms with Crippen molar-refractivity contribution < 1.29 is 4.79 Å². The fourth-order valence-electron chi connectivity index (χ4n) is 1.71. The van der Waals surface area contributed by atoms with Gasteiger partial charge < -0.3 is 9.80 Å². The van der Waals surface area contributed by atoms with Gasteiger partial charge in [0.05, 0.1) is 0 Å². The average molecular weight is 234 g/mol. The maximum absolute atomic E-state index is 11.0. The predicted molar refractivity (Wildman–Crippen MR) is 70.7 cm³/mol. The molecule has 0 unspecified atom stereocenters. The molecule has 0 radical (unpaired) electrons. The van der Waals surface area contributed by atoms with Gasteiger partial charge in [-0.25, -0.2) is 0 Å². The molecule has 0 bridgehead atoms. The van der Waals surface area contributed by atoms with Crippen LogP contribution >= 0.6 is 0 Å². The van der Waals surface area contributed by atoms with Crippen molar-refractivity contribution in [3.63, 3.8) is 0 Å². The van der Waals surface area contributed by atoms with E-state index in [1.165, 1.54) is 5.56 Å². The van der Waals surface area contributed by atoms with Crippen molar-refractivity contribution in [1.29, 1.82) is 0 Å². The van der Waals surface area contributed by atoms with Crippen molar-refractivity contribution in [2.45, 2.75) is 19.9 Å². The van der Waals surface area contributed by atoms with Gasteiger partial charge in [-0.15, -0.1) is 0 Å². The Labute approximate surface area is 104 Å². The summed E-state index contributed by atoms with van der Waals surface area (Å²) in [5.74, 6) is 0.135. The molecular weight excluding hydrogens is 212 g/mol. The monoisotopic (exact) mass is 234 g/mol. The third kappa shape index (κ3) is 5.50. The molecule has 1 amide bonds. The zero-order chi connectivity index (χ0) is 12.7. The van der Waals surface area contributed by atoms with Gasteiger partial charge >= 0.3 is 0 Å². The molecule has 3 nitrogen and oxygen atoms in total. The second kappa shape index (κ2) is 7.07. The molecule has 0 aromatic heterocycles. The van der Waals surface area contributed by atoms with E-state index in [9.17, 15) is 4.79 Å². The van der Waals surface area contributed by atoms with Gasteiger partial charge in [-0.3, -0.25) is 4.79 Å². The van der Waals surface area contributed by atoms with E-state index in [1.54, 1.807) is 11.8 Å². The van der Waals surface area contributed by atoms with Crippen molar-refractivity contribution in [2.24, 2.45) is 0 Å². The molecule has 0 spiro atoms. The summed E-state index contributed by atoms with van der Waals surface area (Å²) in [5.41, 5.74) is 1.33. The molecule has 0 aliphatic heterocycles. The van der Waals surface area contributed by atoms with Crippen molar-refractivity contribution in [3.8, 4) is 0 Å². The first kappa shape index (κ1) is 13.7. The third-order valence-electron chi connectivity index (χ3n) is 2.87. The number of nitrogens with zero attached hydrogens (tertiary/aromatic N) is 2. The fourth-order valence-corrected chi connectivity index (χ4v) is 1.71. The summed E-state index contributed by atoms with van der Waals surface area (Å²) in [5, 5.41) is 0. The van der Waals surface area contributed by atoms with E-state index in [0.29, 0.717) is 0 Å². The van der Waals surface area contributed by atoms with Crippen LogP contribution in [0.15, 0.2) is 30.3 Å². The van der Waals surface area contributed by atoms with Gasteiger partial charge in [-0.2, -0.15) is 0 Å². The molecule has 0 heterocycles. The first-order chi connectivity index (χ1) is 8.09. The van der Waals surface area contributed by atoms with E-state index >= 15 is 0 Å². The lowest BCUT2D eigenvalue weighted by molar-refractivity contribution is -0.127. The summed E-state index contributed by atoms with van der Waals surface area (Å²) < 4.78 is 0. The van der Waals surface area contributed by atoms with Gasteiger partial charge in [-0.1, -0.05) is 30.3 Å². The molecule has 0 saturated heterocycles.